The molecule has 2 rings (SSSR count). The van der Waals surface area contributed by atoms with E-state index in [0.717, 1.165) is 48.5 Å². The molecule has 1 fully saturated rings. The molecule has 4 heteroatoms. The van der Waals surface area contributed by atoms with Crippen molar-refractivity contribution in [1.82, 2.24) is 9.80 Å². The summed E-state index contributed by atoms with van der Waals surface area (Å²) in [5.74, 6) is 0.869. The van der Waals surface area contributed by atoms with Crippen LogP contribution < -0.4 is 0 Å². The van der Waals surface area contributed by atoms with Crippen LogP contribution in [0, 0.1) is 12.8 Å². The largest absolute Gasteiger partial charge is 0.339 e. The fourth-order valence-electron chi connectivity index (χ4n) is 2.85. The predicted octanol–water partition coefficient (Wildman–Crippen LogP) is 2.70. The molecule has 0 N–H and O–H groups in total. The average molecular weight is 292 g/mol. The number of hydrogen-bond donors (Lipinski definition) is 1. The van der Waals surface area contributed by atoms with Crippen LogP contribution in [-0.4, -0.2) is 49.4 Å². The molecule has 1 aliphatic heterocycles. The number of nitrogens with zero attached hydrogens (tertiary/aromatic N) is 2. The first-order valence-electron chi connectivity index (χ1n) is 7.21. The van der Waals surface area contributed by atoms with Gasteiger partial charge in [0.25, 0.3) is 5.91 Å². The normalized spacial score (nSPS) is 16.8. The van der Waals surface area contributed by atoms with Gasteiger partial charge in [-0.2, -0.15) is 0 Å². The van der Waals surface area contributed by atoms with E-state index in [1.807, 2.05) is 30.0 Å². The van der Waals surface area contributed by atoms with Crippen molar-refractivity contribution in [3.8, 4) is 0 Å². The Morgan fingerprint density at radius 2 is 2.00 bits per heavy atom. The van der Waals surface area contributed by atoms with Crippen molar-refractivity contribution in [3.05, 3.63) is 29.3 Å². The lowest BCUT2D eigenvalue weighted by atomic mass is 9.95. The van der Waals surface area contributed by atoms with Gasteiger partial charge in [0.1, 0.15) is 0 Å². The lowest BCUT2D eigenvalue weighted by molar-refractivity contribution is 0.0677. The van der Waals surface area contributed by atoms with Gasteiger partial charge in [0, 0.05) is 30.1 Å². The van der Waals surface area contributed by atoms with Gasteiger partial charge >= 0.3 is 0 Å². The van der Waals surface area contributed by atoms with E-state index in [1.54, 1.807) is 0 Å². The van der Waals surface area contributed by atoms with Crippen molar-refractivity contribution in [2.45, 2.75) is 24.7 Å². The number of piperidine rings is 1. The van der Waals surface area contributed by atoms with E-state index >= 15 is 0 Å². The number of carbonyl (C=O) groups is 1. The van der Waals surface area contributed by atoms with Crippen LogP contribution in [0.3, 0.4) is 0 Å². The molecule has 1 aliphatic rings. The minimum absolute atomic E-state index is 0.154. The molecule has 1 aromatic carbocycles. The summed E-state index contributed by atoms with van der Waals surface area (Å²) in [5.41, 5.74) is 1.83. The van der Waals surface area contributed by atoms with Gasteiger partial charge in [-0.15, -0.1) is 12.6 Å². The molecule has 20 heavy (non-hydrogen) atoms. The molecule has 0 saturated carbocycles. The molecule has 1 amide bonds. The van der Waals surface area contributed by atoms with Crippen LogP contribution >= 0.6 is 12.6 Å². The molecule has 0 atom stereocenters. The molecule has 1 heterocycles. The molecule has 0 radical (unpaired) electrons. The Bertz CT molecular complexity index is 479. The minimum atomic E-state index is 0.154. The third-order valence-electron chi connectivity index (χ3n) is 3.98. The highest BCUT2D eigenvalue weighted by Crippen LogP contribution is 2.22. The van der Waals surface area contributed by atoms with Crippen LogP contribution in [0.25, 0.3) is 0 Å². The third-order valence-corrected chi connectivity index (χ3v) is 4.25. The van der Waals surface area contributed by atoms with E-state index in [9.17, 15) is 4.79 Å². The standard InChI is InChI=1S/C16H24N2OS/c1-12-4-5-14(20)10-15(12)16(19)18-8-6-13(7-9-18)11-17(2)3/h4-5,10,13,20H,6-9,11H2,1-3H3. The summed E-state index contributed by atoms with van der Waals surface area (Å²) in [7, 11) is 4.22. The molecule has 1 aromatic rings. The second-order valence-corrected chi connectivity index (χ2v) is 6.51. The van der Waals surface area contributed by atoms with Gasteiger partial charge < -0.3 is 9.80 Å². The van der Waals surface area contributed by atoms with Crippen molar-refractivity contribution in [2.24, 2.45) is 5.92 Å². The minimum Gasteiger partial charge on any atom is -0.339 e. The number of benzene rings is 1. The molecule has 0 aromatic heterocycles. The van der Waals surface area contributed by atoms with Crippen LogP contribution in [0.2, 0.25) is 0 Å². The van der Waals surface area contributed by atoms with Crippen molar-refractivity contribution in [3.63, 3.8) is 0 Å². The first-order valence-corrected chi connectivity index (χ1v) is 7.65. The van der Waals surface area contributed by atoms with Gasteiger partial charge in [-0.3, -0.25) is 4.79 Å². The average Bonchev–Trinajstić information content (AvgIpc) is 2.41. The smallest absolute Gasteiger partial charge is 0.254 e. The van der Waals surface area contributed by atoms with Gasteiger partial charge in [-0.05, 0) is 57.5 Å². The number of rotatable bonds is 3. The molecule has 0 bridgehead atoms. The zero-order valence-corrected chi connectivity index (χ0v) is 13.5. The van der Waals surface area contributed by atoms with E-state index in [4.69, 9.17) is 0 Å². The Kier molecular flexibility index (Phi) is 5.11. The second-order valence-electron chi connectivity index (χ2n) is 6.00. The van der Waals surface area contributed by atoms with E-state index in [2.05, 4.69) is 31.6 Å². The highest BCUT2D eigenvalue weighted by molar-refractivity contribution is 7.80. The second kappa shape index (κ2) is 6.64. The van der Waals surface area contributed by atoms with E-state index in [0.29, 0.717) is 5.92 Å². The Morgan fingerprint density at radius 1 is 1.35 bits per heavy atom. The maximum atomic E-state index is 12.6. The fraction of sp³-hybridized carbons (Fsp3) is 0.562. The molecule has 110 valence electrons. The van der Waals surface area contributed by atoms with Crippen LogP contribution in [0.15, 0.2) is 23.1 Å². The van der Waals surface area contributed by atoms with Crippen LogP contribution in [0.4, 0.5) is 0 Å². The lowest BCUT2D eigenvalue weighted by Gasteiger charge is -2.33. The summed E-state index contributed by atoms with van der Waals surface area (Å²) in [6.45, 7) is 4.84. The number of amides is 1. The SMILES string of the molecule is Cc1ccc(S)cc1C(=O)N1CCC(CN(C)C)CC1. The summed E-state index contributed by atoms with van der Waals surface area (Å²) in [6.07, 6.45) is 2.20. The number of aryl methyl sites for hydroxylation is 1. The van der Waals surface area contributed by atoms with Crippen molar-refractivity contribution in [1.29, 1.82) is 0 Å². The zero-order valence-electron chi connectivity index (χ0n) is 12.6. The summed E-state index contributed by atoms with van der Waals surface area (Å²) in [6, 6.07) is 5.78. The lowest BCUT2D eigenvalue weighted by Crippen LogP contribution is -2.40. The third kappa shape index (κ3) is 3.76. The maximum absolute atomic E-state index is 12.6. The predicted molar refractivity (Wildman–Crippen MR) is 85.6 cm³/mol. The van der Waals surface area contributed by atoms with Gasteiger partial charge in [-0.1, -0.05) is 6.07 Å². The number of likely N-dealkylation sites (tertiary alicyclic amines) is 1. The van der Waals surface area contributed by atoms with Gasteiger partial charge in [0.15, 0.2) is 0 Å². The van der Waals surface area contributed by atoms with Crippen molar-refractivity contribution < 1.29 is 4.79 Å². The molecule has 3 nitrogen and oxygen atoms in total. The monoisotopic (exact) mass is 292 g/mol. The van der Waals surface area contributed by atoms with E-state index in [1.165, 1.54) is 0 Å². The summed E-state index contributed by atoms with van der Waals surface area (Å²) < 4.78 is 0. The quantitative estimate of drug-likeness (QED) is 0.866. The summed E-state index contributed by atoms with van der Waals surface area (Å²) in [4.78, 5) is 17.7. The summed E-state index contributed by atoms with van der Waals surface area (Å²) in [5, 5.41) is 0. The fourth-order valence-corrected chi connectivity index (χ4v) is 3.05. The van der Waals surface area contributed by atoms with Gasteiger partial charge in [0.05, 0.1) is 0 Å². The van der Waals surface area contributed by atoms with Crippen molar-refractivity contribution in [2.75, 3.05) is 33.7 Å². The van der Waals surface area contributed by atoms with Gasteiger partial charge in [0.2, 0.25) is 0 Å². The Hall–Kier alpha value is -1.00. The van der Waals surface area contributed by atoms with Crippen LogP contribution in [-0.2, 0) is 0 Å². The van der Waals surface area contributed by atoms with Crippen LogP contribution in [0.5, 0.6) is 0 Å². The van der Waals surface area contributed by atoms with E-state index in [-0.39, 0.29) is 5.91 Å². The van der Waals surface area contributed by atoms with E-state index < -0.39 is 0 Å². The topological polar surface area (TPSA) is 23.6 Å². The molecule has 0 spiro atoms. The molecular weight excluding hydrogens is 268 g/mol. The highest BCUT2D eigenvalue weighted by Gasteiger charge is 2.24. The first kappa shape index (κ1) is 15.4. The maximum Gasteiger partial charge on any atom is 0.254 e. The first-order chi connectivity index (χ1) is 9.47. The zero-order chi connectivity index (χ0) is 14.7. The van der Waals surface area contributed by atoms with Crippen molar-refractivity contribution >= 4 is 18.5 Å². The highest BCUT2D eigenvalue weighted by atomic mass is 32.1. The number of hydrogen-bond acceptors (Lipinski definition) is 3. The summed E-state index contributed by atoms with van der Waals surface area (Å²) >= 11 is 4.34. The molecular formula is C16H24N2OS. The molecule has 0 unspecified atom stereocenters. The Morgan fingerprint density at radius 3 is 2.60 bits per heavy atom. The van der Waals surface area contributed by atoms with Gasteiger partial charge in [-0.25, -0.2) is 0 Å². The Labute approximate surface area is 127 Å². The Balaban J connectivity index is 2.00. The molecule has 1 saturated heterocycles. The van der Waals surface area contributed by atoms with Crippen LogP contribution in [0.1, 0.15) is 28.8 Å². The number of thiol groups is 1. The number of carbonyl (C=O) groups excluding carboxylic acids is 1. The molecule has 0 aliphatic carbocycles.